The van der Waals surface area contributed by atoms with Gasteiger partial charge in [-0.15, -0.1) is 0 Å². The summed E-state index contributed by atoms with van der Waals surface area (Å²) in [5.74, 6) is 0.323. The van der Waals surface area contributed by atoms with E-state index in [0.29, 0.717) is 24.3 Å². The Morgan fingerprint density at radius 1 is 1.40 bits per heavy atom. The quantitative estimate of drug-likeness (QED) is 0.773. The molecule has 3 heteroatoms. The van der Waals surface area contributed by atoms with Crippen molar-refractivity contribution in [2.45, 2.75) is 51.6 Å². The highest BCUT2D eigenvalue weighted by atomic mass is 16.4. The van der Waals surface area contributed by atoms with Crippen molar-refractivity contribution in [3.8, 4) is 0 Å². The third-order valence-electron chi connectivity index (χ3n) is 3.76. The maximum absolute atomic E-state index is 10.8. The molecule has 1 saturated heterocycles. The van der Waals surface area contributed by atoms with E-state index in [9.17, 15) is 4.79 Å². The van der Waals surface area contributed by atoms with Crippen LogP contribution in [0.2, 0.25) is 0 Å². The number of likely N-dealkylation sites (tertiary alicyclic amines) is 1. The summed E-state index contributed by atoms with van der Waals surface area (Å²) < 4.78 is 0. The zero-order chi connectivity index (χ0) is 11.0. The van der Waals surface area contributed by atoms with Crippen molar-refractivity contribution in [2.24, 2.45) is 11.8 Å². The smallest absolute Gasteiger partial charge is 0.303 e. The van der Waals surface area contributed by atoms with Crippen molar-refractivity contribution >= 4 is 5.97 Å². The van der Waals surface area contributed by atoms with Gasteiger partial charge in [-0.05, 0) is 37.6 Å². The van der Waals surface area contributed by atoms with Crippen molar-refractivity contribution in [3.63, 3.8) is 0 Å². The summed E-state index contributed by atoms with van der Waals surface area (Å²) in [6.45, 7) is 5.56. The Hall–Kier alpha value is -0.570. The second-order valence-electron chi connectivity index (χ2n) is 5.35. The van der Waals surface area contributed by atoms with Gasteiger partial charge in [0.15, 0.2) is 0 Å². The van der Waals surface area contributed by atoms with Gasteiger partial charge in [0, 0.05) is 18.5 Å². The van der Waals surface area contributed by atoms with E-state index < -0.39 is 5.97 Å². The van der Waals surface area contributed by atoms with Crippen LogP contribution in [-0.4, -0.2) is 34.6 Å². The molecule has 0 spiro atoms. The molecule has 1 N–H and O–H groups in total. The molecule has 86 valence electrons. The van der Waals surface area contributed by atoms with Gasteiger partial charge in [-0.25, -0.2) is 0 Å². The Morgan fingerprint density at radius 2 is 2.07 bits per heavy atom. The first-order valence-corrected chi connectivity index (χ1v) is 6.07. The Morgan fingerprint density at radius 3 is 2.53 bits per heavy atom. The second-order valence-corrected chi connectivity index (χ2v) is 5.35. The normalized spacial score (nSPS) is 32.5. The molecule has 2 aliphatic rings. The van der Waals surface area contributed by atoms with Crippen LogP contribution in [0.3, 0.4) is 0 Å². The number of hydrogen-bond donors (Lipinski definition) is 1. The molecule has 2 fully saturated rings. The minimum Gasteiger partial charge on any atom is -0.481 e. The Balaban J connectivity index is 2.02. The maximum atomic E-state index is 10.8. The van der Waals surface area contributed by atoms with Crippen LogP contribution < -0.4 is 0 Å². The number of aliphatic carboxylic acids is 1. The van der Waals surface area contributed by atoms with Crippen LogP contribution >= 0.6 is 0 Å². The fourth-order valence-electron chi connectivity index (χ4n) is 3.11. The highest BCUT2D eigenvalue weighted by Crippen LogP contribution is 2.39. The molecular formula is C12H21NO2. The summed E-state index contributed by atoms with van der Waals surface area (Å²) in [7, 11) is 0. The van der Waals surface area contributed by atoms with Crippen molar-refractivity contribution in [3.05, 3.63) is 0 Å². The van der Waals surface area contributed by atoms with E-state index in [1.54, 1.807) is 0 Å². The van der Waals surface area contributed by atoms with E-state index in [2.05, 4.69) is 18.7 Å². The SMILES string of the molecule is CC(C)[C@@H]1[C@@H](CC(=O)O)CCN1C1CC1. The molecule has 0 radical (unpaired) electrons. The van der Waals surface area contributed by atoms with Gasteiger partial charge in [0.05, 0.1) is 0 Å². The minimum atomic E-state index is -0.636. The Kier molecular flexibility index (Phi) is 3.01. The Labute approximate surface area is 91.5 Å². The number of rotatable bonds is 4. The molecule has 1 heterocycles. The van der Waals surface area contributed by atoms with Gasteiger partial charge in [-0.3, -0.25) is 9.69 Å². The number of carbonyl (C=O) groups is 1. The van der Waals surface area contributed by atoms with E-state index in [4.69, 9.17) is 5.11 Å². The summed E-state index contributed by atoms with van der Waals surface area (Å²) in [6.07, 6.45) is 4.07. The van der Waals surface area contributed by atoms with Crippen molar-refractivity contribution < 1.29 is 9.90 Å². The minimum absolute atomic E-state index is 0.353. The third-order valence-corrected chi connectivity index (χ3v) is 3.76. The summed E-state index contributed by atoms with van der Waals surface area (Å²) in [5, 5.41) is 8.90. The lowest BCUT2D eigenvalue weighted by Gasteiger charge is -2.31. The largest absolute Gasteiger partial charge is 0.481 e. The second kappa shape index (κ2) is 4.12. The molecule has 1 aliphatic heterocycles. The fourth-order valence-corrected chi connectivity index (χ4v) is 3.11. The molecule has 0 aromatic rings. The molecule has 0 aromatic carbocycles. The molecule has 0 aromatic heterocycles. The topological polar surface area (TPSA) is 40.5 Å². The van der Waals surface area contributed by atoms with Crippen LogP contribution in [0.4, 0.5) is 0 Å². The van der Waals surface area contributed by atoms with E-state index in [1.165, 1.54) is 12.8 Å². The maximum Gasteiger partial charge on any atom is 0.303 e. The molecule has 2 atom stereocenters. The first kappa shape index (κ1) is 10.9. The number of carboxylic acids is 1. The van der Waals surface area contributed by atoms with Crippen molar-refractivity contribution in [1.29, 1.82) is 0 Å². The van der Waals surface area contributed by atoms with E-state index >= 15 is 0 Å². The number of hydrogen-bond acceptors (Lipinski definition) is 2. The molecule has 0 unspecified atom stereocenters. The van der Waals surface area contributed by atoms with Crippen LogP contribution in [0.1, 0.15) is 39.5 Å². The van der Waals surface area contributed by atoms with Crippen LogP contribution in [0.5, 0.6) is 0 Å². The van der Waals surface area contributed by atoms with Gasteiger partial charge >= 0.3 is 5.97 Å². The first-order chi connectivity index (χ1) is 7.09. The average molecular weight is 211 g/mol. The molecule has 15 heavy (non-hydrogen) atoms. The van der Waals surface area contributed by atoms with Crippen LogP contribution in [0.25, 0.3) is 0 Å². The summed E-state index contributed by atoms with van der Waals surface area (Å²) >= 11 is 0. The molecule has 2 rings (SSSR count). The van der Waals surface area contributed by atoms with E-state index in [-0.39, 0.29) is 0 Å². The molecule has 1 aliphatic carbocycles. The first-order valence-electron chi connectivity index (χ1n) is 6.07. The molecular weight excluding hydrogens is 190 g/mol. The highest BCUT2D eigenvalue weighted by molar-refractivity contribution is 5.67. The predicted molar refractivity (Wildman–Crippen MR) is 58.7 cm³/mol. The average Bonchev–Trinajstić information content (AvgIpc) is 2.87. The van der Waals surface area contributed by atoms with Gasteiger partial charge in [-0.1, -0.05) is 13.8 Å². The van der Waals surface area contributed by atoms with Gasteiger partial charge in [0.1, 0.15) is 0 Å². The lowest BCUT2D eigenvalue weighted by Crippen LogP contribution is -2.39. The molecule has 3 nitrogen and oxygen atoms in total. The monoisotopic (exact) mass is 211 g/mol. The van der Waals surface area contributed by atoms with Crippen LogP contribution in [0.15, 0.2) is 0 Å². The molecule has 1 saturated carbocycles. The van der Waals surface area contributed by atoms with Gasteiger partial charge in [0.25, 0.3) is 0 Å². The van der Waals surface area contributed by atoms with Crippen molar-refractivity contribution in [1.82, 2.24) is 4.90 Å². The fraction of sp³-hybridized carbons (Fsp3) is 0.917. The standard InChI is InChI=1S/C12H21NO2/c1-8(2)12-9(7-11(14)15)5-6-13(12)10-3-4-10/h8-10,12H,3-7H2,1-2H3,(H,14,15)/t9-,12-/m1/s1. The van der Waals surface area contributed by atoms with Crippen LogP contribution in [-0.2, 0) is 4.79 Å². The van der Waals surface area contributed by atoms with Gasteiger partial charge in [0.2, 0.25) is 0 Å². The van der Waals surface area contributed by atoms with Gasteiger partial charge in [-0.2, -0.15) is 0 Å². The Bertz CT molecular complexity index is 248. The lowest BCUT2D eigenvalue weighted by molar-refractivity contribution is -0.138. The highest BCUT2D eigenvalue weighted by Gasteiger charge is 2.43. The number of nitrogens with zero attached hydrogens (tertiary/aromatic N) is 1. The molecule has 0 bridgehead atoms. The van der Waals surface area contributed by atoms with Crippen molar-refractivity contribution in [2.75, 3.05) is 6.54 Å². The summed E-state index contributed by atoms with van der Waals surface area (Å²) in [5.41, 5.74) is 0. The third kappa shape index (κ3) is 2.33. The summed E-state index contributed by atoms with van der Waals surface area (Å²) in [6, 6.07) is 1.28. The van der Waals surface area contributed by atoms with E-state index in [1.807, 2.05) is 0 Å². The zero-order valence-corrected chi connectivity index (χ0v) is 9.65. The molecule has 0 amide bonds. The van der Waals surface area contributed by atoms with Gasteiger partial charge < -0.3 is 5.11 Å². The number of carboxylic acid groups (broad SMARTS) is 1. The lowest BCUT2D eigenvalue weighted by atomic mass is 9.89. The van der Waals surface area contributed by atoms with E-state index in [0.717, 1.165) is 19.0 Å². The zero-order valence-electron chi connectivity index (χ0n) is 9.65. The summed E-state index contributed by atoms with van der Waals surface area (Å²) in [4.78, 5) is 13.4. The predicted octanol–water partition coefficient (Wildman–Crippen LogP) is 1.97. The van der Waals surface area contributed by atoms with Crippen LogP contribution in [0, 0.1) is 11.8 Å².